The van der Waals surface area contributed by atoms with Gasteiger partial charge < -0.3 is 5.11 Å². The number of amides is 2. The predicted molar refractivity (Wildman–Crippen MR) is 157 cm³/mol. The van der Waals surface area contributed by atoms with Crippen LogP contribution in [-0.4, -0.2) is 28.1 Å². The SMILES string of the molecule is Cc1cccc(C(=O)Cl)c1.Cc1cccc(C(=O)NNC(=O)c2cccc(C)c2)c1.Cc1cccc(C(=O)O)c1. The van der Waals surface area contributed by atoms with Crippen LogP contribution in [0.2, 0.25) is 0 Å². The Morgan fingerprint density at radius 2 is 0.825 bits per heavy atom. The Bertz CT molecular complexity index is 1390. The van der Waals surface area contributed by atoms with Crippen molar-refractivity contribution in [3.63, 3.8) is 0 Å². The molecule has 0 aliphatic heterocycles. The van der Waals surface area contributed by atoms with Crippen LogP contribution < -0.4 is 10.9 Å². The van der Waals surface area contributed by atoms with Gasteiger partial charge in [-0.15, -0.1) is 0 Å². The van der Waals surface area contributed by atoms with E-state index in [-0.39, 0.29) is 11.8 Å². The topological polar surface area (TPSA) is 113 Å². The monoisotopic (exact) mass is 558 g/mol. The first-order valence-corrected chi connectivity index (χ1v) is 12.6. The highest BCUT2D eigenvalue weighted by Gasteiger charge is 2.09. The van der Waals surface area contributed by atoms with Crippen molar-refractivity contribution in [2.75, 3.05) is 0 Å². The Morgan fingerprint density at radius 3 is 1.10 bits per heavy atom. The van der Waals surface area contributed by atoms with Crippen LogP contribution in [0.15, 0.2) is 97.1 Å². The molecule has 2 amide bonds. The smallest absolute Gasteiger partial charge is 0.335 e. The number of benzene rings is 4. The number of carbonyl (C=O) groups is 4. The molecule has 0 aromatic heterocycles. The highest BCUT2D eigenvalue weighted by atomic mass is 35.5. The molecule has 0 saturated carbocycles. The summed E-state index contributed by atoms with van der Waals surface area (Å²) in [5, 5.41) is 8.11. The molecule has 40 heavy (non-hydrogen) atoms. The van der Waals surface area contributed by atoms with Gasteiger partial charge in [0.15, 0.2) is 0 Å². The molecule has 0 radical (unpaired) electrons. The van der Waals surface area contributed by atoms with Crippen molar-refractivity contribution in [2.24, 2.45) is 0 Å². The normalized spacial score (nSPS) is 9.62. The molecule has 7 nitrogen and oxygen atoms in total. The zero-order valence-electron chi connectivity index (χ0n) is 22.7. The molecular formula is C32H31ClN2O5. The maximum absolute atomic E-state index is 11.9. The van der Waals surface area contributed by atoms with Gasteiger partial charge in [0.05, 0.1) is 5.56 Å². The molecule has 4 rings (SSSR count). The molecule has 0 atom stereocenters. The van der Waals surface area contributed by atoms with Gasteiger partial charge in [-0.1, -0.05) is 76.9 Å². The van der Waals surface area contributed by atoms with Crippen LogP contribution in [0, 0.1) is 27.7 Å². The number of hydrazine groups is 1. The van der Waals surface area contributed by atoms with E-state index in [1.165, 1.54) is 0 Å². The van der Waals surface area contributed by atoms with Gasteiger partial charge in [0.1, 0.15) is 0 Å². The lowest BCUT2D eigenvalue weighted by molar-refractivity contribution is 0.0696. The Labute approximate surface area is 238 Å². The molecule has 206 valence electrons. The highest BCUT2D eigenvalue weighted by Crippen LogP contribution is 2.07. The van der Waals surface area contributed by atoms with Gasteiger partial charge in [0.2, 0.25) is 0 Å². The maximum atomic E-state index is 11.9. The molecule has 0 saturated heterocycles. The van der Waals surface area contributed by atoms with Gasteiger partial charge in [0.25, 0.3) is 17.1 Å². The third-order valence-electron chi connectivity index (χ3n) is 5.36. The summed E-state index contributed by atoms with van der Waals surface area (Å²) in [5.41, 5.74) is 10.7. The second kappa shape index (κ2) is 15.6. The molecule has 0 fully saturated rings. The van der Waals surface area contributed by atoms with Crippen molar-refractivity contribution in [3.8, 4) is 0 Å². The van der Waals surface area contributed by atoms with Gasteiger partial charge in [-0.05, 0) is 81.8 Å². The van der Waals surface area contributed by atoms with Crippen LogP contribution >= 0.6 is 11.6 Å². The van der Waals surface area contributed by atoms with Crippen LogP contribution in [0.1, 0.15) is 63.7 Å². The lowest BCUT2D eigenvalue weighted by Gasteiger charge is -2.08. The summed E-state index contributed by atoms with van der Waals surface area (Å²) >= 11 is 5.24. The van der Waals surface area contributed by atoms with E-state index in [9.17, 15) is 19.2 Å². The Hall–Kier alpha value is -4.75. The lowest BCUT2D eigenvalue weighted by Crippen LogP contribution is -2.41. The minimum Gasteiger partial charge on any atom is -0.478 e. The molecule has 4 aromatic carbocycles. The van der Waals surface area contributed by atoms with Gasteiger partial charge in [0, 0.05) is 16.7 Å². The maximum Gasteiger partial charge on any atom is 0.335 e. The van der Waals surface area contributed by atoms with Gasteiger partial charge >= 0.3 is 5.97 Å². The van der Waals surface area contributed by atoms with Gasteiger partial charge in [-0.3, -0.25) is 25.2 Å². The quantitative estimate of drug-likeness (QED) is 0.197. The number of carbonyl (C=O) groups excluding carboxylic acids is 3. The summed E-state index contributed by atoms with van der Waals surface area (Å²) in [4.78, 5) is 44.7. The Kier molecular flexibility index (Phi) is 12.3. The second-order valence-electron chi connectivity index (χ2n) is 8.97. The Morgan fingerprint density at radius 1 is 0.525 bits per heavy atom. The molecule has 0 aliphatic rings. The zero-order chi connectivity index (χ0) is 29.7. The number of halogens is 1. The molecule has 8 heteroatoms. The fourth-order valence-corrected chi connectivity index (χ4v) is 3.49. The molecular weight excluding hydrogens is 528 g/mol. The van der Waals surface area contributed by atoms with E-state index in [0.717, 1.165) is 22.3 Å². The largest absolute Gasteiger partial charge is 0.478 e. The van der Waals surface area contributed by atoms with Gasteiger partial charge in [-0.2, -0.15) is 0 Å². The van der Waals surface area contributed by atoms with Crippen molar-refractivity contribution >= 4 is 34.6 Å². The van der Waals surface area contributed by atoms with Crippen molar-refractivity contribution in [2.45, 2.75) is 27.7 Å². The first-order chi connectivity index (χ1) is 19.0. The molecule has 0 unspecified atom stereocenters. The fraction of sp³-hybridized carbons (Fsp3) is 0.125. The van der Waals surface area contributed by atoms with Crippen molar-refractivity contribution in [3.05, 3.63) is 142 Å². The van der Waals surface area contributed by atoms with E-state index in [1.54, 1.807) is 66.7 Å². The number of nitrogens with one attached hydrogen (secondary N) is 2. The van der Waals surface area contributed by atoms with Crippen molar-refractivity contribution < 1.29 is 24.3 Å². The van der Waals surface area contributed by atoms with E-state index < -0.39 is 11.2 Å². The molecule has 4 aromatic rings. The highest BCUT2D eigenvalue weighted by molar-refractivity contribution is 6.67. The summed E-state index contributed by atoms with van der Waals surface area (Å²) in [7, 11) is 0. The fourth-order valence-electron chi connectivity index (χ4n) is 3.38. The second-order valence-corrected chi connectivity index (χ2v) is 9.31. The number of hydrogen-bond acceptors (Lipinski definition) is 4. The van der Waals surface area contributed by atoms with Gasteiger partial charge in [-0.25, -0.2) is 4.79 Å². The lowest BCUT2D eigenvalue weighted by atomic mass is 10.1. The number of carboxylic acids is 1. The third-order valence-corrected chi connectivity index (χ3v) is 5.58. The summed E-state index contributed by atoms with van der Waals surface area (Å²) in [5.74, 6) is -1.55. The molecule has 0 aliphatic carbocycles. The van der Waals surface area contributed by atoms with Crippen LogP contribution in [0.4, 0.5) is 0 Å². The summed E-state index contributed by atoms with van der Waals surface area (Å²) in [6.45, 7) is 7.60. The van der Waals surface area contributed by atoms with E-state index in [1.807, 2.05) is 58.0 Å². The average Bonchev–Trinajstić information content (AvgIpc) is 2.92. The number of hydrogen-bond donors (Lipinski definition) is 3. The van der Waals surface area contributed by atoms with E-state index >= 15 is 0 Å². The van der Waals surface area contributed by atoms with Crippen molar-refractivity contribution in [1.29, 1.82) is 0 Å². The van der Waals surface area contributed by atoms with Crippen LogP contribution in [-0.2, 0) is 0 Å². The van der Waals surface area contributed by atoms with Crippen LogP contribution in [0.5, 0.6) is 0 Å². The van der Waals surface area contributed by atoms with E-state index in [4.69, 9.17) is 16.7 Å². The minimum absolute atomic E-state index is 0.338. The molecule has 0 heterocycles. The van der Waals surface area contributed by atoms with Crippen LogP contribution in [0.3, 0.4) is 0 Å². The third kappa shape index (κ3) is 10.9. The first-order valence-electron chi connectivity index (χ1n) is 12.3. The Balaban J connectivity index is 0.000000235. The number of aryl methyl sites for hydroxylation is 4. The molecule has 0 spiro atoms. The van der Waals surface area contributed by atoms with E-state index in [0.29, 0.717) is 22.3 Å². The zero-order valence-corrected chi connectivity index (χ0v) is 23.5. The summed E-state index contributed by atoms with van der Waals surface area (Å²) < 4.78 is 0. The van der Waals surface area contributed by atoms with Crippen LogP contribution in [0.25, 0.3) is 0 Å². The minimum atomic E-state index is -0.872. The molecule has 3 N–H and O–H groups in total. The first kappa shape index (κ1) is 31.5. The predicted octanol–water partition coefficient (Wildman–Crippen LogP) is 6.45. The number of rotatable bonds is 4. The van der Waals surface area contributed by atoms with Crippen molar-refractivity contribution in [1.82, 2.24) is 10.9 Å². The number of carboxylic acid groups (broad SMARTS) is 1. The summed E-state index contributed by atoms with van der Waals surface area (Å²) in [6.07, 6.45) is 0. The standard InChI is InChI=1S/C16H16N2O2.C8H7ClO.C8H8O2/c1-11-5-3-7-13(9-11)15(19)17-18-16(20)14-8-4-6-12(2)10-14;2*1-6-3-2-4-7(5-6)8(9)10/h3-10H,1-2H3,(H,17,19)(H,18,20);2-5H,1H3;2-5H,1H3,(H,9,10). The summed E-state index contributed by atoms with van der Waals surface area (Å²) in [6, 6.07) is 28.3. The van der Waals surface area contributed by atoms with E-state index in [2.05, 4.69) is 10.9 Å². The number of aromatic carboxylic acids is 1. The molecule has 0 bridgehead atoms. The average molecular weight is 559 g/mol.